The normalized spacial score (nSPS) is 10.7. The average Bonchev–Trinajstić information content (AvgIpc) is 2.77. The smallest absolute Gasteiger partial charge is 0.0522 e. The number of nitrogens with one attached hydrogen (secondary N) is 1. The summed E-state index contributed by atoms with van der Waals surface area (Å²) in [5.74, 6) is 0. The predicted molar refractivity (Wildman–Crippen MR) is 69.9 cm³/mol. The molecule has 17 heavy (non-hydrogen) atoms. The number of benzene rings is 1. The van der Waals surface area contributed by atoms with Crippen molar-refractivity contribution in [2.45, 2.75) is 26.6 Å². The van der Waals surface area contributed by atoms with Crippen LogP contribution in [-0.2, 0) is 19.6 Å². The van der Waals surface area contributed by atoms with Crippen molar-refractivity contribution in [3.8, 4) is 0 Å². The number of hydrogen-bond acceptors (Lipinski definition) is 2. The maximum absolute atomic E-state index is 5.93. The van der Waals surface area contributed by atoms with Gasteiger partial charge in [-0.1, -0.05) is 23.7 Å². The standard InChI is InChI=1S/C13H16ClN3/c1-2-17-13(6-7-16-17)10-15-9-11-4-3-5-12(14)8-11/h3-8,15H,2,9-10H2,1H3. The molecule has 4 heteroatoms. The summed E-state index contributed by atoms with van der Waals surface area (Å²) in [6.07, 6.45) is 1.83. The molecule has 0 atom stereocenters. The fraction of sp³-hybridized carbons (Fsp3) is 0.308. The Balaban J connectivity index is 1.87. The quantitative estimate of drug-likeness (QED) is 0.883. The van der Waals surface area contributed by atoms with Crippen LogP contribution in [0.25, 0.3) is 0 Å². The van der Waals surface area contributed by atoms with Crippen LogP contribution in [0.4, 0.5) is 0 Å². The van der Waals surface area contributed by atoms with E-state index in [1.165, 1.54) is 11.3 Å². The van der Waals surface area contributed by atoms with E-state index in [9.17, 15) is 0 Å². The van der Waals surface area contributed by atoms with Crippen LogP contribution in [-0.4, -0.2) is 9.78 Å². The van der Waals surface area contributed by atoms with Crippen molar-refractivity contribution in [1.29, 1.82) is 0 Å². The SMILES string of the molecule is CCn1nccc1CNCc1cccc(Cl)c1. The number of hydrogen-bond donors (Lipinski definition) is 1. The molecular weight excluding hydrogens is 234 g/mol. The summed E-state index contributed by atoms with van der Waals surface area (Å²) in [4.78, 5) is 0. The first-order valence-corrected chi connectivity index (χ1v) is 6.13. The van der Waals surface area contributed by atoms with Gasteiger partial charge in [0.2, 0.25) is 0 Å². The molecule has 1 aromatic carbocycles. The van der Waals surface area contributed by atoms with E-state index in [0.29, 0.717) is 0 Å². The zero-order valence-electron chi connectivity index (χ0n) is 9.86. The lowest BCUT2D eigenvalue weighted by Gasteiger charge is -2.07. The number of aryl methyl sites for hydroxylation is 1. The van der Waals surface area contributed by atoms with Crippen molar-refractivity contribution in [2.24, 2.45) is 0 Å². The first-order chi connectivity index (χ1) is 8.29. The highest BCUT2D eigenvalue weighted by atomic mass is 35.5. The van der Waals surface area contributed by atoms with Gasteiger partial charge < -0.3 is 5.32 Å². The molecule has 0 fully saturated rings. The Morgan fingerprint density at radius 2 is 2.18 bits per heavy atom. The summed E-state index contributed by atoms with van der Waals surface area (Å²) in [6.45, 7) is 4.63. The Bertz CT molecular complexity index is 479. The average molecular weight is 250 g/mol. The summed E-state index contributed by atoms with van der Waals surface area (Å²) < 4.78 is 1.99. The summed E-state index contributed by atoms with van der Waals surface area (Å²) in [5, 5.41) is 8.40. The topological polar surface area (TPSA) is 29.9 Å². The molecule has 0 radical (unpaired) electrons. The van der Waals surface area contributed by atoms with Crippen LogP contribution in [0, 0.1) is 0 Å². The third kappa shape index (κ3) is 3.32. The Hall–Kier alpha value is -1.32. The lowest BCUT2D eigenvalue weighted by atomic mass is 10.2. The molecule has 0 aliphatic rings. The van der Waals surface area contributed by atoms with E-state index in [2.05, 4.69) is 23.4 Å². The Labute approximate surface area is 106 Å². The molecule has 0 aliphatic carbocycles. The van der Waals surface area contributed by atoms with Gasteiger partial charge in [-0.3, -0.25) is 4.68 Å². The van der Waals surface area contributed by atoms with E-state index in [0.717, 1.165) is 24.7 Å². The Kier molecular flexibility index (Phi) is 4.18. The van der Waals surface area contributed by atoms with E-state index >= 15 is 0 Å². The summed E-state index contributed by atoms with van der Waals surface area (Å²) >= 11 is 5.93. The first kappa shape index (κ1) is 12.1. The van der Waals surface area contributed by atoms with E-state index in [-0.39, 0.29) is 0 Å². The van der Waals surface area contributed by atoms with Crippen LogP contribution in [0.3, 0.4) is 0 Å². The molecule has 2 rings (SSSR count). The zero-order chi connectivity index (χ0) is 12.1. The van der Waals surface area contributed by atoms with Gasteiger partial charge in [-0.2, -0.15) is 5.10 Å². The molecule has 1 heterocycles. The van der Waals surface area contributed by atoms with Crippen LogP contribution >= 0.6 is 11.6 Å². The van der Waals surface area contributed by atoms with Crippen LogP contribution in [0.15, 0.2) is 36.5 Å². The molecule has 0 aliphatic heterocycles. The molecule has 3 nitrogen and oxygen atoms in total. The molecule has 0 saturated carbocycles. The van der Waals surface area contributed by atoms with Gasteiger partial charge in [0, 0.05) is 30.9 Å². The minimum absolute atomic E-state index is 0.780. The van der Waals surface area contributed by atoms with Gasteiger partial charge >= 0.3 is 0 Å². The van der Waals surface area contributed by atoms with E-state index < -0.39 is 0 Å². The van der Waals surface area contributed by atoms with Crippen molar-refractivity contribution in [2.75, 3.05) is 0 Å². The second-order valence-electron chi connectivity index (χ2n) is 3.87. The van der Waals surface area contributed by atoms with Crippen LogP contribution in [0.2, 0.25) is 5.02 Å². The van der Waals surface area contributed by atoms with Gasteiger partial charge in [0.15, 0.2) is 0 Å². The van der Waals surface area contributed by atoms with E-state index in [4.69, 9.17) is 11.6 Å². The number of aromatic nitrogens is 2. The van der Waals surface area contributed by atoms with Crippen LogP contribution in [0.5, 0.6) is 0 Å². The molecule has 90 valence electrons. The molecule has 0 saturated heterocycles. The van der Waals surface area contributed by atoms with Crippen molar-refractivity contribution >= 4 is 11.6 Å². The first-order valence-electron chi connectivity index (χ1n) is 5.75. The maximum Gasteiger partial charge on any atom is 0.0522 e. The monoisotopic (exact) mass is 249 g/mol. The molecule has 0 spiro atoms. The Morgan fingerprint density at radius 1 is 1.29 bits per heavy atom. The van der Waals surface area contributed by atoms with E-state index in [1.54, 1.807) is 0 Å². The summed E-state index contributed by atoms with van der Waals surface area (Å²) in [7, 11) is 0. The maximum atomic E-state index is 5.93. The second-order valence-corrected chi connectivity index (χ2v) is 4.31. The summed E-state index contributed by atoms with van der Waals surface area (Å²) in [6, 6.07) is 9.93. The fourth-order valence-corrected chi connectivity index (χ4v) is 1.99. The molecule has 0 amide bonds. The van der Waals surface area contributed by atoms with Crippen molar-refractivity contribution in [3.63, 3.8) is 0 Å². The number of nitrogens with zero attached hydrogens (tertiary/aromatic N) is 2. The van der Waals surface area contributed by atoms with Gasteiger partial charge in [-0.05, 0) is 30.7 Å². The highest BCUT2D eigenvalue weighted by Gasteiger charge is 2.00. The lowest BCUT2D eigenvalue weighted by Crippen LogP contribution is -2.16. The van der Waals surface area contributed by atoms with Gasteiger partial charge in [0.25, 0.3) is 0 Å². The third-order valence-corrected chi connectivity index (χ3v) is 2.86. The predicted octanol–water partition coefficient (Wildman–Crippen LogP) is 2.85. The largest absolute Gasteiger partial charge is 0.307 e. The molecule has 2 aromatic rings. The molecule has 0 unspecified atom stereocenters. The van der Waals surface area contributed by atoms with E-state index in [1.807, 2.05) is 35.1 Å². The second kappa shape index (κ2) is 5.84. The minimum Gasteiger partial charge on any atom is -0.307 e. The third-order valence-electron chi connectivity index (χ3n) is 2.63. The van der Waals surface area contributed by atoms with Gasteiger partial charge in [0.05, 0.1) is 5.69 Å². The van der Waals surface area contributed by atoms with Gasteiger partial charge in [-0.25, -0.2) is 0 Å². The van der Waals surface area contributed by atoms with Crippen LogP contribution < -0.4 is 5.32 Å². The van der Waals surface area contributed by atoms with Gasteiger partial charge in [-0.15, -0.1) is 0 Å². The van der Waals surface area contributed by atoms with Gasteiger partial charge in [0.1, 0.15) is 0 Å². The highest BCUT2D eigenvalue weighted by Crippen LogP contribution is 2.10. The highest BCUT2D eigenvalue weighted by molar-refractivity contribution is 6.30. The Morgan fingerprint density at radius 3 is 2.94 bits per heavy atom. The fourth-order valence-electron chi connectivity index (χ4n) is 1.78. The number of rotatable bonds is 5. The molecule has 1 aromatic heterocycles. The molecule has 0 bridgehead atoms. The van der Waals surface area contributed by atoms with Crippen molar-refractivity contribution in [1.82, 2.24) is 15.1 Å². The summed E-state index contributed by atoms with van der Waals surface area (Å²) in [5.41, 5.74) is 2.40. The van der Waals surface area contributed by atoms with Crippen LogP contribution in [0.1, 0.15) is 18.2 Å². The zero-order valence-corrected chi connectivity index (χ0v) is 10.6. The number of halogens is 1. The molecular formula is C13H16ClN3. The van der Waals surface area contributed by atoms with Crippen molar-refractivity contribution < 1.29 is 0 Å². The van der Waals surface area contributed by atoms with Crippen molar-refractivity contribution in [3.05, 3.63) is 52.8 Å². The molecule has 1 N–H and O–H groups in total. The minimum atomic E-state index is 0.780. The lowest BCUT2D eigenvalue weighted by molar-refractivity contribution is 0.581.